The van der Waals surface area contributed by atoms with Crippen LogP contribution in [0.2, 0.25) is 0 Å². The molecular weight excluding hydrogens is 166 g/mol. The molecule has 0 fully saturated rings. The van der Waals surface area contributed by atoms with E-state index in [4.69, 9.17) is 4.74 Å². The molecule has 1 aromatic carbocycles. The molecule has 0 saturated heterocycles. The van der Waals surface area contributed by atoms with Crippen LogP contribution in [0.3, 0.4) is 0 Å². The minimum Gasteiger partial charge on any atom is -0.465 e. The Balaban J connectivity index is 2.31. The molecule has 1 radical (unpaired) electrons. The van der Waals surface area contributed by atoms with Crippen molar-refractivity contribution in [2.24, 2.45) is 0 Å². The SMILES string of the molecule is CCOC(=O)CNc1c[c]ccc1. The molecule has 0 aliphatic heterocycles. The van der Waals surface area contributed by atoms with Crippen LogP contribution in [0.5, 0.6) is 0 Å². The van der Waals surface area contributed by atoms with Crippen LogP contribution in [0.1, 0.15) is 6.92 Å². The van der Waals surface area contributed by atoms with Crippen molar-refractivity contribution in [3.63, 3.8) is 0 Å². The summed E-state index contributed by atoms with van der Waals surface area (Å²) in [5.41, 5.74) is 0.871. The van der Waals surface area contributed by atoms with Crippen LogP contribution < -0.4 is 5.32 Å². The van der Waals surface area contributed by atoms with Crippen LogP contribution in [0, 0.1) is 6.07 Å². The third-order valence-electron chi connectivity index (χ3n) is 1.45. The third-order valence-corrected chi connectivity index (χ3v) is 1.45. The van der Waals surface area contributed by atoms with E-state index < -0.39 is 0 Å². The molecule has 0 atom stereocenters. The number of nitrogens with one attached hydrogen (secondary N) is 1. The molecule has 0 bridgehead atoms. The fourth-order valence-corrected chi connectivity index (χ4v) is 0.890. The molecule has 1 rings (SSSR count). The Kier molecular flexibility index (Phi) is 3.82. The quantitative estimate of drug-likeness (QED) is 0.709. The van der Waals surface area contributed by atoms with Crippen LogP contribution in [0.4, 0.5) is 5.69 Å². The molecule has 69 valence electrons. The van der Waals surface area contributed by atoms with Crippen LogP contribution in [0.25, 0.3) is 0 Å². The zero-order valence-electron chi connectivity index (χ0n) is 7.54. The Morgan fingerprint density at radius 2 is 2.54 bits per heavy atom. The van der Waals surface area contributed by atoms with Gasteiger partial charge in [-0.3, -0.25) is 4.79 Å². The van der Waals surface area contributed by atoms with Gasteiger partial charge in [-0.2, -0.15) is 0 Å². The molecule has 0 heterocycles. The number of benzene rings is 1. The van der Waals surface area contributed by atoms with Crippen molar-refractivity contribution in [1.29, 1.82) is 0 Å². The molecule has 1 N–H and O–H groups in total. The van der Waals surface area contributed by atoms with Gasteiger partial charge in [0.1, 0.15) is 6.54 Å². The van der Waals surface area contributed by atoms with E-state index in [1.807, 2.05) is 12.1 Å². The van der Waals surface area contributed by atoms with E-state index in [2.05, 4.69) is 11.4 Å². The number of esters is 1. The Morgan fingerprint density at radius 3 is 3.15 bits per heavy atom. The van der Waals surface area contributed by atoms with Gasteiger partial charge in [0.15, 0.2) is 0 Å². The molecule has 0 saturated carbocycles. The van der Waals surface area contributed by atoms with E-state index >= 15 is 0 Å². The second-order valence-corrected chi connectivity index (χ2v) is 2.45. The lowest BCUT2D eigenvalue weighted by Crippen LogP contribution is -2.16. The molecule has 3 nitrogen and oxygen atoms in total. The fraction of sp³-hybridized carbons (Fsp3) is 0.300. The van der Waals surface area contributed by atoms with Gasteiger partial charge in [-0.25, -0.2) is 0 Å². The summed E-state index contributed by atoms with van der Waals surface area (Å²) in [7, 11) is 0. The molecule has 0 aliphatic carbocycles. The van der Waals surface area contributed by atoms with Crippen LogP contribution in [0.15, 0.2) is 24.3 Å². The van der Waals surface area contributed by atoms with Crippen molar-refractivity contribution in [2.75, 3.05) is 18.5 Å². The van der Waals surface area contributed by atoms with Crippen molar-refractivity contribution in [2.45, 2.75) is 6.92 Å². The largest absolute Gasteiger partial charge is 0.465 e. The highest BCUT2D eigenvalue weighted by Crippen LogP contribution is 2.03. The van der Waals surface area contributed by atoms with Gasteiger partial charge >= 0.3 is 5.97 Å². The zero-order valence-corrected chi connectivity index (χ0v) is 7.54. The number of ether oxygens (including phenoxy) is 1. The molecule has 13 heavy (non-hydrogen) atoms. The highest BCUT2D eigenvalue weighted by Gasteiger charge is 1.99. The van der Waals surface area contributed by atoms with Crippen molar-refractivity contribution >= 4 is 11.7 Å². The monoisotopic (exact) mass is 178 g/mol. The lowest BCUT2D eigenvalue weighted by atomic mass is 10.3. The summed E-state index contributed by atoms with van der Waals surface area (Å²) in [4.78, 5) is 10.9. The average molecular weight is 178 g/mol. The molecular formula is C10H12NO2. The first-order valence-corrected chi connectivity index (χ1v) is 4.18. The Labute approximate surface area is 77.7 Å². The minimum atomic E-state index is -0.244. The number of carbonyl (C=O) groups is 1. The Hall–Kier alpha value is -1.51. The fourth-order valence-electron chi connectivity index (χ4n) is 0.890. The van der Waals surface area contributed by atoms with Crippen molar-refractivity contribution in [1.82, 2.24) is 0 Å². The van der Waals surface area contributed by atoms with E-state index in [0.717, 1.165) is 5.69 Å². The molecule has 0 amide bonds. The summed E-state index contributed by atoms with van der Waals surface area (Å²) in [6.07, 6.45) is 0. The van der Waals surface area contributed by atoms with Gasteiger partial charge in [0.25, 0.3) is 0 Å². The number of carbonyl (C=O) groups excluding carboxylic acids is 1. The molecule has 0 aliphatic rings. The first-order chi connectivity index (χ1) is 6.33. The second kappa shape index (κ2) is 5.19. The van der Waals surface area contributed by atoms with E-state index in [1.165, 1.54) is 0 Å². The summed E-state index contributed by atoms with van der Waals surface area (Å²) in [6.45, 7) is 2.40. The summed E-state index contributed by atoms with van der Waals surface area (Å²) in [5, 5.41) is 2.92. The second-order valence-electron chi connectivity index (χ2n) is 2.45. The molecule has 0 aromatic heterocycles. The first-order valence-electron chi connectivity index (χ1n) is 4.18. The molecule has 0 spiro atoms. The van der Waals surface area contributed by atoms with Gasteiger partial charge in [0.2, 0.25) is 0 Å². The lowest BCUT2D eigenvalue weighted by Gasteiger charge is -2.04. The summed E-state index contributed by atoms with van der Waals surface area (Å²) in [5.74, 6) is -0.244. The lowest BCUT2D eigenvalue weighted by molar-refractivity contribution is -0.140. The number of hydrogen-bond acceptors (Lipinski definition) is 3. The van der Waals surface area contributed by atoms with Crippen LogP contribution in [-0.4, -0.2) is 19.1 Å². The van der Waals surface area contributed by atoms with Gasteiger partial charge in [-0.05, 0) is 25.1 Å². The molecule has 3 heteroatoms. The van der Waals surface area contributed by atoms with Gasteiger partial charge in [-0.1, -0.05) is 12.1 Å². The Morgan fingerprint density at radius 1 is 1.69 bits per heavy atom. The van der Waals surface area contributed by atoms with Crippen molar-refractivity contribution in [3.8, 4) is 0 Å². The van der Waals surface area contributed by atoms with E-state index in [-0.39, 0.29) is 12.5 Å². The topological polar surface area (TPSA) is 38.3 Å². The molecule has 0 unspecified atom stereocenters. The zero-order chi connectivity index (χ0) is 9.52. The van der Waals surface area contributed by atoms with E-state index in [9.17, 15) is 4.79 Å². The summed E-state index contributed by atoms with van der Waals surface area (Å²) in [6, 6.07) is 10.2. The number of anilines is 1. The standard InChI is InChI=1S/C10H12NO2/c1-2-13-10(12)8-11-9-6-4-3-5-7-9/h3-4,6-7,11H,2,8H2,1H3. The van der Waals surface area contributed by atoms with E-state index in [1.54, 1.807) is 19.1 Å². The van der Waals surface area contributed by atoms with Gasteiger partial charge < -0.3 is 10.1 Å². The van der Waals surface area contributed by atoms with Crippen molar-refractivity contribution < 1.29 is 9.53 Å². The van der Waals surface area contributed by atoms with E-state index in [0.29, 0.717) is 6.61 Å². The minimum absolute atomic E-state index is 0.200. The smallest absolute Gasteiger partial charge is 0.325 e. The number of hydrogen-bond donors (Lipinski definition) is 1. The van der Waals surface area contributed by atoms with Crippen LogP contribution in [-0.2, 0) is 9.53 Å². The predicted octanol–water partition coefficient (Wildman–Crippen LogP) is 1.46. The number of rotatable bonds is 4. The Bertz CT molecular complexity index is 259. The molecule has 1 aromatic rings. The highest BCUT2D eigenvalue weighted by atomic mass is 16.5. The van der Waals surface area contributed by atoms with Crippen molar-refractivity contribution in [3.05, 3.63) is 30.3 Å². The summed E-state index contributed by atoms with van der Waals surface area (Å²) >= 11 is 0. The highest BCUT2D eigenvalue weighted by molar-refractivity contribution is 5.74. The predicted molar refractivity (Wildman–Crippen MR) is 50.4 cm³/mol. The summed E-state index contributed by atoms with van der Waals surface area (Å²) < 4.78 is 4.75. The van der Waals surface area contributed by atoms with Gasteiger partial charge in [-0.15, -0.1) is 0 Å². The third kappa shape index (κ3) is 3.60. The van der Waals surface area contributed by atoms with Crippen LogP contribution >= 0.6 is 0 Å². The maximum Gasteiger partial charge on any atom is 0.325 e. The van der Waals surface area contributed by atoms with Gasteiger partial charge in [0.05, 0.1) is 6.61 Å². The van der Waals surface area contributed by atoms with Gasteiger partial charge in [0, 0.05) is 5.69 Å². The average Bonchev–Trinajstić information content (AvgIpc) is 2.17. The maximum absolute atomic E-state index is 10.9. The normalized spacial score (nSPS) is 9.31. The maximum atomic E-state index is 10.9. The first kappa shape index (κ1) is 9.58.